The van der Waals surface area contributed by atoms with E-state index in [4.69, 9.17) is 5.11 Å². The molecule has 0 saturated carbocycles. The van der Waals surface area contributed by atoms with E-state index in [9.17, 15) is 8.78 Å². The molecule has 0 fully saturated rings. The van der Waals surface area contributed by atoms with Crippen LogP contribution in [0.4, 0.5) is 14.5 Å². The molecule has 5 heteroatoms. The highest BCUT2D eigenvalue weighted by Crippen LogP contribution is 2.27. The molecule has 0 aliphatic carbocycles. The molecular weight excluding hydrogens is 316 g/mol. The molecule has 0 saturated heterocycles. The number of hydrogen-bond acceptors (Lipinski definition) is 2. The van der Waals surface area contributed by atoms with Crippen molar-refractivity contribution < 1.29 is 13.9 Å². The van der Waals surface area contributed by atoms with Crippen LogP contribution in [0.1, 0.15) is 18.5 Å². The van der Waals surface area contributed by atoms with Crippen molar-refractivity contribution in [3.63, 3.8) is 0 Å². The number of aromatic hydroxyl groups is 1. The van der Waals surface area contributed by atoms with Crippen molar-refractivity contribution in [1.82, 2.24) is 0 Å². The zero-order valence-corrected chi connectivity index (χ0v) is 11.7. The lowest BCUT2D eigenvalue weighted by atomic mass is 10.1. The van der Waals surface area contributed by atoms with Crippen molar-refractivity contribution in [3.05, 3.63) is 58.1 Å². The normalized spacial score (nSPS) is 12.2. The molecule has 2 aromatic rings. The summed E-state index contributed by atoms with van der Waals surface area (Å²) in [7, 11) is 0. The van der Waals surface area contributed by atoms with Gasteiger partial charge in [0, 0.05) is 16.1 Å². The minimum absolute atomic E-state index is 0.137. The second kappa shape index (κ2) is 5.57. The summed E-state index contributed by atoms with van der Waals surface area (Å²) in [5.41, 5.74) is 0.645. The number of benzene rings is 2. The Bertz CT molecular complexity index is 604. The molecule has 1 atom stereocenters. The minimum atomic E-state index is -0.532. The molecule has 1 unspecified atom stereocenters. The molecule has 0 aliphatic heterocycles. The molecule has 2 rings (SSSR count). The Morgan fingerprint density at radius 2 is 1.84 bits per heavy atom. The summed E-state index contributed by atoms with van der Waals surface area (Å²) in [5, 5.41) is 12.1. The van der Waals surface area contributed by atoms with E-state index in [1.54, 1.807) is 19.1 Å². The Labute approximate surface area is 118 Å². The summed E-state index contributed by atoms with van der Waals surface area (Å²) >= 11 is 3.25. The van der Waals surface area contributed by atoms with E-state index >= 15 is 0 Å². The van der Waals surface area contributed by atoms with Gasteiger partial charge in [-0.2, -0.15) is 0 Å². The van der Waals surface area contributed by atoms with Crippen LogP contribution in [-0.2, 0) is 0 Å². The summed E-state index contributed by atoms with van der Waals surface area (Å²) < 4.78 is 28.0. The summed E-state index contributed by atoms with van der Waals surface area (Å²) in [5.74, 6) is -1.08. The smallest absolute Gasteiger partial charge is 0.146 e. The first-order valence-electron chi connectivity index (χ1n) is 5.67. The third-order valence-corrected chi connectivity index (χ3v) is 3.24. The fourth-order valence-electron chi connectivity index (χ4n) is 1.79. The van der Waals surface area contributed by atoms with Gasteiger partial charge in [-0.25, -0.2) is 8.78 Å². The van der Waals surface area contributed by atoms with Crippen LogP contribution in [0.5, 0.6) is 5.75 Å². The second-order valence-electron chi connectivity index (χ2n) is 4.20. The highest BCUT2D eigenvalue weighted by molar-refractivity contribution is 9.10. The molecule has 19 heavy (non-hydrogen) atoms. The fraction of sp³-hybridized carbons (Fsp3) is 0.143. The molecule has 100 valence electrons. The largest absolute Gasteiger partial charge is 0.508 e. The summed E-state index contributed by atoms with van der Waals surface area (Å²) in [4.78, 5) is 0. The van der Waals surface area contributed by atoms with Crippen LogP contribution in [0.25, 0.3) is 0 Å². The topological polar surface area (TPSA) is 32.3 Å². The lowest BCUT2D eigenvalue weighted by Crippen LogP contribution is -2.09. The number of rotatable bonds is 3. The first-order chi connectivity index (χ1) is 8.97. The van der Waals surface area contributed by atoms with Gasteiger partial charge in [0.05, 0.1) is 11.7 Å². The molecule has 2 aromatic carbocycles. The maximum atomic E-state index is 13.7. The van der Waals surface area contributed by atoms with Gasteiger partial charge >= 0.3 is 0 Å². The molecule has 0 aliphatic rings. The van der Waals surface area contributed by atoms with E-state index in [-0.39, 0.29) is 11.4 Å². The van der Waals surface area contributed by atoms with Crippen LogP contribution in [0.15, 0.2) is 40.9 Å². The van der Waals surface area contributed by atoms with Crippen molar-refractivity contribution in [1.29, 1.82) is 0 Å². The Hall–Kier alpha value is -1.62. The summed E-state index contributed by atoms with van der Waals surface area (Å²) in [6, 6.07) is 7.98. The zero-order valence-electron chi connectivity index (χ0n) is 10.1. The van der Waals surface area contributed by atoms with Gasteiger partial charge in [0.25, 0.3) is 0 Å². The van der Waals surface area contributed by atoms with E-state index < -0.39 is 17.7 Å². The highest BCUT2D eigenvalue weighted by atomic mass is 79.9. The van der Waals surface area contributed by atoms with Crippen LogP contribution in [-0.4, -0.2) is 5.11 Å². The predicted molar refractivity (Wildman–Crippen MR) is 74.2 cm³/mol. The van der Waals surface area contributed by atoms with Gasteiger partial charge in [-0.3, -0.25) is 0 Å². The van der Waals surface area contributed by atoms with Crippen molar-refractivity contribution in [3.8, 4) is 5.75 Å². The van der Waals surface area contributed by atoms with Gasteiger partial charge in [-0.1, -0.05) is 22.0 Å². The molecule has 2 N–H and O–H groups in total. The Morgan fingerprint density at radius 1 is 1.11 bits per heavy atom. The Kier molecular flexibility index (Phi) is 4.04. The molecule has 0 bridgehead atoms. The Balaban J connectivity index is 2.25. The second-order valence-corrected chi connectivity index (χ2v) is 5.11. The van der Waals surface area contributed by atoms with E-state index in [0.717, 1.165) is 10.5 Å². The number of anilines is 1. The standard InChI is InChI=1S/C14H12BrF2NO/c1-8(11-4-3-10(19)7-13(11)17)18-14-6-9(15)2-5-12(14)16/h2-8,18-19H,1H3. The SMILES string of the molecule is CC(Nc1cc(Br)ccc1F)c1ccc(O)cc1F. The highest BCUT2D eigenvalue weighted by Gasteiger charge is 2.13. The van der Waals surface area contributed by atoms with Crippen LogP contribution in [0, 0.1) is 11.6 Å². The molecule has 0 amide bonds. The molecule has 0 radical (unpaired) electrons. The lowest BCUT2D eigenvalue weighted by molar-refractivity contribution is 0.467. The van der Waals surface area contributed by atoms with Crippen LogP contribution >= 0.6 is 15.9 Å². The number of phenols is 1. The molecule has 0 heterocycles. The van der Waals surface area contributed by atoms with E-state index in [0.29, 0.717) is 5.56 Å². The third kappa shape index (κ3) is 3.23. The minimum Gasteiger partial charge on any atom is -0.508 e. The molecule has 0 spiro atoms. The number of phenolic OH excluding ortho intramolecular Hbond substituents is 1. The number of hydrogen-bond donors (Lipinski definition) is 2. The van der Waals surface area contributed by atoms with E-state index in [1.807, 2.05) is 0 Å². The van der Waals surface area contributed by atoms with Gasteiger partial charge in [-0.05, 0) is 31.2 Å². The number of halogens is 3. The monoisotopic (exact) mass is 327 g/mol. The van der Waals surface area contributed by atoms with Crippen LogP contribution in [0.2, 0.25) is 0 Å². The first kappa shape index (κ1) is 13.8. The van der Waals surface area contributed by atoms with Crippen LogP contribution < -0.4 is 5.32 Å². The van der Waals surface area contributed by atoms with E-state index in [2.05, 4.69) is 21.2 Å². The third-order valence-electron chi connectivity index (χ3n) is 2.75. The fourth-order valence-corrected chi connectivity index (χ4v) is 2.15. The summed E-state index contributed by atoms with van der Waals surface area (Å²) in [6.45, 7) is 1.72. The first-order valence-corrected chi connectivity index (χ1v) is 6.46. The molecule has 2 nitrogen and oxygen atoms in total. The average molecular weight is 328 g/mol. The maximum absolute atomic E-state index is 13.7. The summed E-state index contributed by atoms with van der Waals surface area (Å²) in [6.07, 6.45) is 0. The average Bonchev–Trinajstić information content (AvgIpc) is 2.33. The quantitative estimate of drug-likeness (QED) is 0.863. The van der Waals surface area contributed by atoms with Gasteiger partial charge in [-0.15, -0.1) is 0 Å². The Morgan fingerprint density at radius 3 is 2.53 bits per heavy atom. The van der Waals surface area contributed by atoms with Crippen molar-refractivity contribution >= 4 is 21.6 Å². The molecular formula is C14H12BrF2NO. The zero-order chi connectivity index (χ0) is 14.0. The molecule has 0 aromatic heterocycles. The maximum Gasteiger partial charge on any atom is 0.146 e. The van der Waals surface area contributed by atoms with Gasteiger partial charge in [0.1, 0.15) is 17.4 Å². The predicted octanol–water partition coefficient (Wildman–Crippen LogP) is 4.61. The lowest BCUT2D eigenvalue weighted by Gasteiger charge is -2.17. The van der Waals surface area contributed by atoms with Gasteiger partial charge < -0.3 is 10.4 Å². The van der Waals surface area contributed by atoms with Gasteiger partial charge in [0.2, 0.25) is 0 Å². The van der Waals surface area contributed by atoms with Crippen molar-refractivity contribution in [2.24, 2.45) is 0 Å². The number of nitrogens with one attached hydrogen (secondary N) is 1. The van der Waals surface area contributed by atoms with Gasteiger partial charge in [0.15, 0.2) is 0 Å². The van der Waals surface area contributed by atoms with E-state index in [1.165, 1.54) is 18.2 Å². The van der Waals surface area contributed by atoms with Crippen LogP contribution in [0.3, 0.4) is 0 Å². The van der Waals surface area contributed by atoms with Crippen molar-refractivity contribution in [2.75, 3.05) is 5.32 Å². The van der Waals surface area contributed by atoms with Crippen molar-refractivity contribution in [2.45, 2.75) is 13.0 Å².